The second kappa shape index (κ2) is 8.30. The number of hydrogen-bond donors (Lipinski definition) is 2. The Morgan fingerprint density at radius 3 is 2.72 bits per heavy atom. The Labute approximate surface area is 111 Å². The Balaban J connectivity index is 2.31. The van der Waals surface area contributed by atoms with Crippen molar-refractivity contribution in [2.75, 3.05) is 6.61 Å². The number of carbonyl (C=O) groups excluding carboxylic acids is 1. The number of nitrogens with one attached hydrogen (secondary N) is 1. The molecule has 0 aromatic carbocycles. The zero-order valence-electron chi connectivity index (χ0n) is 11.7. The fourth-order valence-electron chi connectivity index (χ4n) is 2.48. The van der Waals surface area contributed by atoms with Crippen LogP contribution in [0.5, 0.6) is 0 Å². The molecule has 0 fully saturated rings. The molecule has 0 heterocycles. The minimum Gasteiger partial charge on any atom is -0.396 e. The van der Waals surface area contributed by atoms with Gasteiger partial charge in [-0.15, -0.1) is 0 Å². The average molecular weight is 253 g/mol. The predicted octanol–water partition coefficient (Wildman–Crippen LogP) is 2.65. The second-order valence-corrected chi connectivity index (χ2v) is 5.28. The molecule has 0 aromatic heterocycles. The molecular formula is C15H27NO2. The van der Waals surface area contributed by atoms with Gasteiger partial charge in [-0.25, -0.2) is 0 Å². The summed E-state index contributed by atoms with van der Waals surface area (Å²) in [6, 6.07) is 0.120. The molecule has 0 aromatic rings. The molecule has 0 spiro atoms. The van der Waals surface area contributed by atoms with Crippen molar-refractivity contribution in [1.82, 2.24) is 5.32 Å². The lowest BCUT2D eigenvalue weighted by Gasteiger charge is -2.18. The smallest absolute Gasteiger partial charge is 0.223 e. The van der Waals surface area contributed by atoms with Crippen molar-refractivity contribution in [2.24, 2.45) is 11.8 Å². The number of rotatable bonds is 8. The first-order valence-corrected chi connectivity index (χ1v) is 7.30. The Morgan fingerprint density at radius 2 is 2.17 bits per heavy atom. The predicted molar refractivity (Wildman–Crippen MR) is 74.2 cm³/mol. The van der Waals surface area contributed by atoms with E-state index in [0.29, 0.717) is 0 Å². The number of carbonyl (C=O) groups is 1. The lowest BCUT2D eigenvalue weighted by molar-refractivity contribution is -0.125. The monoisotopic (exact) mass is 253 g/mol. The van der Waals surface area contributed by atoms with Crippen LogP contribution in [-0.4, -0.2) is 23.7 Å². The van der Waals surface area contributed by atoms with Gasteiger partial charge in [-0.1, -0.05) is 45.3 Å². The summed E-state index contributed by atoms with van der Waals surface area (Å²) < 4.78 is 0. The molecule has 3 nitrogen and oxygen atoms in total. The number of aliphatic hydroxyl groups is 1. The summed E-state index contributed by atoms with van der Waals surface area (Å²) in [5.41, 5.74) is 0. The normalized spacial score (nSPS) is 24.2. The van der Waals surface area contributed by atoms with Crippen LogP contribution in [0.4, 0.5) is 0 Å². The van der Waals surface area contributed by atoms with Crippen LogP contribution in [0.25, 0.3) is 0 Å². The number of amides is 1. The van der Waals surface area contributed by atoms with Crippen molar-refractivity contribution in [1.29, 1.82) is 0 Å². The quantitative estimate of drug-likeness (QED) is 0.516. The van der Waals surface area contributed by atoms with E-state index >= 15 is 0 Å². The van der Waals surface area contributed by atoms with Crippen molar-refractivity contribution in [3.05, 3.63) is 12.2 Å². The lowest BCUT2D eigenvalue weighted by Crippen LogP contribution is -2.37. The zero-order valence-corrected chi connectivity index (χ0v) is 11.7. The Kier molecular flexibility index (Phi) is 7.02. The first-order valence-electron chi connectivity index (χ1n) is 7.30. The van der Waals surface area contributed by atoms with Crippen molar-refractivity contribution in [2.45, 2.75) is 58.4 Å². The minimum absolute atomic E-state index is 0.120. The van der Waals surface area contributed by atoms with E-state index in [4.69, 9.17) is 5.11 Å². The van der Waals surface area contributed by atoms with E-state index in [-0.39, 0.29) is 30.4 Å². The molecule has 0 aliphatic heterocycles. The van der Waals surface area contributed by atoms with Gasteiger partial charge in [0, 0.05) is 24.5 Å². The molecule has 0 saturated carbocycles. The van der Waals surface area contributed by atoms with E-state index in [1.165, 1.54) is 12.8 Å². The van der Waals surface area contributed by atoms with Gasteiger partial charge >= 0.3 is 0 Å². The van der Waals surface area contributed by atoms with Gasteiger partial charge in [0.2, 0.25) is 5.91 Å². The zero-order chi connectivity index (χ0) is 13.4. The lowest BCUT2D eigenvalue weighted by atomic mass is 9.97. The first-order chi connectivity index (χ1) is 8.71. The molecule has 1 unspecified atom stereocenters. The van der Waals surface area contributed by atoms with Crippen molar-refractivity contribution < 1.29 is 9.90 Å². The average Bonchev–Trinajstić information content (AvgIpc) is 2.82. The van der Waals surface area contributed by atoms with Gasteiger partial charge in [0.15, 0.2) is 0 Å². The molecule has 1 aliphatic carbocycles. The van der Waals surface area contributed by atoms with E-state index in [9.17, 15) is 4.79 Å². The molecule has 1 rings (SSSR count). The summed E-state index contributed by atoms with van der Waals surface area (Å²) in [5, 5.41) is 12.1. The van der Waals surface area contributed by atoms with Crippen molar-refractivity contribution in [3.63, 3.8) is 0 Å². The molecule has 104 valence electrons. The van der Waals surface area contributed by atoms with Crippen LogP contribution < -0.4 is 5.32 Å². The molecule has 0 saturated heterocycles. The second-order valence-electron chi connectivity index (χ2n) is 5.28. The highest BCUT2D eigenvalue weighted by Crippen LogP contribution is 2.19. The number of hydrogen-bond acceptors (Lipinski definition) is 2. The molecular weight excluding hydrogens is 226 g/mol. The Morgan fingerprint density at radius 1 is 1.39 bits per heavy atom. The summed E-state index contributed by atoms with van der Waals surface area (Å²) >= 11 is 0. The summed E-state index contributed by atoms with van der Waals surface area (Å²) in [6.45, 7) is 4.44. The summed E-state index contributed by atoms with van der Waals surface area (Å²) in [5.74, 6) is 0.551. The third-order valence-corrected chi connectivity index (χ3v) is 3.75. The van der Waals surface area contributed by atoms with Gasteiger partial charge in [-0.05, 0) is 19.3 Å². The standard InChI is InChI=1S/C15H27NO2/c1-3-5-6-7-13(4-2)15(18)16-14-9-8-12(10-14)11-17/h8-9,12-14,17H,3-7,10-11H2,1-2H3,(H,16,18)/t12-,13?,14+/m0/s1. The van der Waals surface area contributed by atoms with Crippen LogP contribution in [0.15, 0.2) is 12.2 Å². The molecule has 2 N–H and O–H groups in total. The summed E-state index contributed by atoms with van der Waals surface area (Å²) in [6.07, 6.45) is 10.3. The third-order valence-electron chi connectivity index (χ3n) is 3.75. The van der Waals surface area contributed by atoms with Crippen molar-refractivity contribution >= 4 is 5.91 Å². The number of unbranched alkanes of at least 4 members (excludes halogenated alkanes) is 2. The highest BCUT2D eigenvalue weighted by atomic mass is 16.3. The maximum absolute atomic E-state index is 12.1. The molecule has 1 amide bonds. The maximum Gasteiger partial charge on any atom is 0.223 e. The van der Waals surface area contributed by atoms with Crippen LogP contribution in [0, 0.1) is 11.8 Å². The molecule has 3 heteroatoms. The highest BCUT2D eigenvalue weighted by Gasteiger charge is 2.23. The van der Waals surface area contributed by atoms with Crippen LogP contribution >= 0.6 is 0 Å². The van der Waals surface area contributed by atoms with Gasteiger partial charge < -0.3 is 10.4 Å². The van der Waals surface area contributed by atoms with Crippen LogP contribution in [0.1, 0.15) is 52.4 Å². The Bertz CT molecular complexity index is 276. The molecule has 1 aliphatic rings. The highest BCUT2D eigenvalue weighted by molar-refractivity contribution is 5.79. The van der Waals surface area contributed by atoms with Crippen LogP contribution in [-0.2, 0) is 4.79 Å². The van der Waals surface area contributed by atoms with E-state index in [2.05, 4.69) is 19.2 Å². The Hall–Kier alpha value is -0.830. The molecule has 0 radical (unpaired) electrons. The first kappa shape index (κ1) is 15.2. The molecule has 18 heavy (non-hydrogen) atoms. The largest absolute Gasteiger partial charge is 0.396 e. The SMILES string of the molecule is CCCCCC(CC)C(=O)N[C@@H]1C=C[C@H](CO)C1. The van der Waals surface area contributed by atoms with Crippen LogP contribution in [0.2, 0.25) is 0 Å². The number of aliphatic hydroxyl groups excluding tert-OH is 1. The topological polar surface area (TPSA) is 49.3 Å². The van der Waals surface area contributed by atoms with Crippen LogP contribution in [0.3, 0.4) is 0 Å². The summed E-state index contributed by atoms with van der Waals surface area (Å²) in [7, 11) is 0. The summed E-state index contributed by atoms with van der Waals surface area (Å²) in [4.78, 5) is 12.1. The maximum atomic E-state index is 12.1. The van der Waals surface area contributed by atoms with Gasteiger partial charge in [-0.3, -0.25) is 4.79 Å². The third kappa shape index (κ3) is 4.81. The van der Waals surface area contributed by atoms with Gasteiger partial charge in [0.05, 0.1) is 0 Å². The fraction of sp³-hybridized carbons (Fsp3) is 0.800. The van der Waals surface area contributed by atoms with Gasteiger partial charge in [0.1, 0.15) is 0 Å². The van der Waals surface area contributed by atoms with E-state index in [0.717, 1.165) is 25.7 Å². The molecule has 3 atom stereocenters. The van der Waals surface area contributed by atoms with E-state index in [1.54, 1.807) is 0 Å². The fourth-order valence-corrected chi connectivity index (χ4v) is 2.48. The van der Waals surface area contributed by atoms with E-state index in [1.807, 2.05) is 12.2 Å². The van der Waals surface area contributed by atoms with Crippen molar-refractivity contribution in [3.8, 4) is 0 Å². The van der Waals surface area contributed by atoms with E-state index < -0.39 is 0 Å². The molecule has 0 bridgehead atoms. The van der Waals surface area contributed by atoms with Gasteiger partial charge in [0.25, 0.3) is 0 Å². The van der Waals surface area contributed by atoms with Gasteiger partial charge in [-0.2, -0.15) is 0 Å². The minimum atomic E-state index is 0.120.